The van der Waals surface area contributed by atoms with Gasteiger partial charge in [-0.2, -0.15) is 8.75 Å². The zero-order valence-corrected chi connectivity index (χ0v) is 13.6. The van der Waals surface area contributed by atoms with E-state index in [0.717, 1.165) is 38.5 Å². The first-order valence-electron chi connectivity index (χ1n) is 7.21. The minimum Gasteiger partial charge on any atom is -0.352 e. The fraction of sp³-hybridized carbons (Fsp3) is 0.467. The minimum atomic E-state index is 0.531. The molecule has 1 fully saturated rings. The molecular formula is C15H19ClN4S. The van der Waals surface area contributed by atoms with Gasteiger partial charge in [-0.25, -0.2) is 0 Å². The van der Waals surface area contributed by atoms with Crippen LogP contribution in [0.5, 0.6) is 0 Å². The van der Waals surface area contributed by atoms with Crippen molar-refractivity contribution in [2.24, 2.45) is 5.92 Å². The largest absolute Gasteiger partial charge is 0.352 e. The molecule has 0 spiro atoms. The van der Waals surface area contributed by atoms with E-state index in [9.17, 15) is 0 Å². The summed E-state index contributed by atoms with van der Waals surface area (Å²) in [5.74, 6) is 1.42. The molecule has 2 aromatic rings. The van der Waals surface area contributed by atoms with Crippen molar-refractivity contribution in [2.45, 2.75) is 13.5 Å². The lowest BCUT2D eigenvalue weighted by Gasteiger charge is -2.21. The van der Waals surface area contributed by atoms with Gasteiger partial charge in [0.1, 0.15) is 0 Å². The highest BCUT2D eigenvalue weighted by Gasteiger charge is 2.23. The number of halogens is 1. The van der Waals surface area contributed by atoms with Gasteiger partial charge in [0.05, 0.1) is 11.7 Å². The Morgan fingerprint density at radius 1 is 1.19 bits per heavy atom. The second kappa shape index (κ2) is 6.73. The average molecular weight is 323 g/mol. The highest BCUT2D eigenvalue weighted by Crippen LogP contribution is 2.25. The topological polar surface area (TPSA) is 32.3 Å². The molecule has 1 atom stereocenters. The van der Waals surface area contributed by atoms with Crippen molar-refractivity contribution in [1.82, 2.24) is 13.6 Å². The molecule has 0 bridgehead atoms. The number of hydrogen-bond donors (Lipinski definition) is 0. The highest BCUT2D eigenvalue weighted by atomic mass is 35.5. The van der Waals surface area contributed by atoms with Crippen LogP contribution in [0, 0.1) is 5.92 Å². The SMILES string of the molecule is CC1CN(Cc2ccccc2)CCN(c2nsnc2Cl)C1. The highest BCUT2D eigenvalue weighted by molar-refractivity contribution is 6.99. The standard InChI is InChI=1S/C15H19ClN4S/c1-12-9-19(11-13-5-3-2-4-6-13)7-8-20(10-12)15-14(16)17-21-18-15/h2-6,12H,7-11H2,1H3. The molecule has 1 aromatic heterocycles. The van der Waals surface area contributed by atoms with Gasteiger partial charge in [0.15, 0.2) is 11.0 Å². The van der Waals surface area contributed by atoms with Gasteiger partial charge in [-0.15, -0.1) is 0 Å². The fourth-order valence-corrected chi connectivity index (χ4v) is 3.64. The van der Waals surface area contributed by atoms with Gasteiger partial charge in [-0.1, -0.05) is 48.9 Å². The van der Waals surface area contributed by atoms with E-state index in [2.05, 4.69) is 55.8 Å². The molecular weight excluding hydrogens is 304 g/mol. The van der Waals surface area contributed by atoms with Crippen LogP contribution in [0.25, 0.3) is 0 Å². The molecule has 1 aliphatic rings. The molecule has 21 heavy (non-hydrogen) atoms. The lowest BCUT2D eigenvalue weighted by atomic mass is 10.1. The summed E-state index contributed by atoms with van der Waals surface area (Å²) in [4.78, 5) is 4.77. The molecule has 4 nitrogen and oxygen atoms in total. The van der Waals surface area contributed by atoms with E-state index in [-0.39, 0.29) is 0 Å². The Labute approximate surface area is 134 Å². The Hall–Kier alpha value is -1.17. The van der Waals surface area contributed by atoms with Gasteiger partial charge in [0.2, 0.25) is 0 Å². The van der Waals surface area contributed by atoms with Crippen molar-refractivity contribution in [2.75, 3.05) is 31.1 Å². The number of rotatable bonds is 3. The molecule has 0 N–H and O–H groups in total. The molecule has 3 rings (SSSR count). The van der Waals surface area contributed by atoms with Crippen LogP contribution >= 0.6 is 23.3 Å². The van der Waals surface area contributed by atoms with E-state index >= 15 is 0 Å². The fourth-order valence-electron chi connectivity index (χ4n) is 2.86. The predicted octanol–water partition coefficient (Wildman–Crippen LogP) is 3.15. The maximum absolute atomic E-state index is 6.12. The molecule has 1 aromatic carbocycles. The Balaban J connectivity index is 1.67. The molecule has 1 unspecified atom stereocenters. The first-order valence-corrected chi connectivity index (χ1v) is 8.32. The molecule has 2 heterocycles. The van der Waals surface area contributed by atoms with Crippen molar-refractivity contribution < 1.29 is 0 Å². The van der Waals surface area contributed by atoms with Crippen LogP contribution < -0.4 is 4.90 Å². The van der Waals surface area contributed by atoms with Crippen molar-refractivity contribution >= 4 is 29.1 Å². The molecule has 0 aliphatic carbocycles. The number of nitrogens with zero attached hydrogens (tertiary/aromatic N) is 4. The van der Waals surface area contributed by atoms with Crippen LogP contribution in [0.3, 0.4) is 0 Å². The Morgan fingerprint density at radius 3 is 2.71 bits per heavy atom. The van der Waals surface area contributed by atoms with E-state index in [1.54, 1.807) is 0 Å². The van der Waals surface area contributed by atoms with E-state index in [4.69, 9.17) is 11.6 Å². The predicted molar refractivity (Wildman–Crippen MR) is 88.0 cm³/mol. The summed E-state index contributed by atoms with van der Waals surface area (Å²) in [6.07, 6.45) is 0. The van der Waals surface area contributed by atoms with E-state index in [0.29, 0.717) is 11.1 Å². The van der Waals surface area contributed by atoms with E-state index in [1.807, 2.05) is 0 Å². The molecule has 1 saturated heterocycles. The third-order valence-electron chi connectivity index (χ3n) is 3.77. The third-order valence-corrected chi connectivity index (χ3v) is 4.64. The van der Waals surface area contributed by atoms with Crippen molar-refractivity contribution in [3.63, 3.8) is 0 Å². The molecule has 0 radical (unpaired) electrons. The molecule has 0 amide bonds. The van der Waals surface area contributed by atoms with E-state index < -0.39 is 0 Å². The quantitative estimate of drug-likeness (QED) is 0.869. The minimum absolute atomic E-state index is 0.531. The van der Waals surface area contributed by atoms with Crippen molar-refractivity contribution in [3.05, 3.63) is 41.0 Å². The maximum Gasteiger partial charge on any atom is 0.187 e. The normalized spacial score (nSPS) is 20.5. The summed E-state index contributed by atoms with van der Waals surface area (Å²) >= 11 is 7.31. The van der Waals surface area contributed by atoms with Gasteiger partial charge in [-0.05, 0) is 11.5 Å². The zero-order valence-electron chi connectivity index (χ0n) is 12.1. The van der Waals surface area contributed by atoms with Crippen LogP contribution in [0.1, 0.15) is 12.5 Å². The average Bonchev–Trinajstić information content (AvgIpc) is 2.81. The van der Waals surface area contributed by atoms with Crippen LogP contribution in [-0.2, 0) is 6.54 Å². The second-order valence-electron chi connectivity index (χ2n) is 5.65. The van der Waals surface area contributed by atoms with E-state index in [1.165, 1.54) is 17.3 Å². The molecule has 0 saturated carbocycles. The van der Waals surface area contributed by atoms with Gasteiger partial charge >= 0.3 is 0 Å². The zero-order chi connectivity index (χ0) is 14.7. The molecule has 6 heteroatoms. The lowest BCUT2D eigenvalue weighted by molar-refractivity contribution is 0.257. The number of aromatic nitrogens is 2. The van der Waals surface area contributed by atoms with Gasteiger partial charge in [0, 0.05) is 32.7 Å². The second-order valence-corrected chi connectivity index (χ2v) is 6.54. The lowest BCUT2D eigenvalue weighted by Crippen LogP contribution is -2.30. The van der Waals surface area contributed by atoms with Crippen molar-refractivity contribution in [3.8, 4) is 0 Å². The number of anilines is 1. The Morgan fingerprint density at radius 2 is 2.00 bits per heavy atom. The van der Waals surface area contributed by atoms with Crippen LogP contribution in [0.15, 0.2) is 30.3 Å². The van der Waals surface area contributed by atoms with Crippen molar-refractivity contribution in [1.29, 1.82) is 0 Å². The Kier molecular flexibility index (Phi) is 4.73. The van der Waals surface area contributed by atoms with Gasteiger partial charge < -0.3 is 4.90 Å². The maximum atomic E-state index is 6.12. The van der Waals surface area contributed by atoms with Crippen LogP contribution in [0.4, 0.5) is 5.82 Å². The molecule has 1 aliphatic heterocycles. The summed E-state index contributed by atoms with van der Waals surface area (Å²) in [5.41, 5.74) is 1.37. The van der Waals surface area contributed by atoms with Crippen LogP contribution in [0.2, 0.25) is 5.15 Å². The monoisotopic (exact) mass is 322 g/mol. The van der Waals surface area contributed by atoms with Gasteiger partial charge in [0.25, 0.3) is 0 Å². The summed E-state index contributed by atoms with van der Waals surface area (Å²) in [6.45, 7) is 7.33. The smallest absolute Gasteiger partial charge is 0.187 e. The van der Waals surface area contributed by atoms with Gasteiger partial charge in [-0.3, -0.25) is 4.90 Å². The number of hydrogen-bond acceptors (Lipinski definition) is 5. The first-order chi connectivity index (χ1) is 10.2. The number of benzene rings is 1. The summed E-state index contributed by atoms with van der Waals surface area (Å²) < 4.78 is 8.41. The first kappa shape index (κ1) is 14.8. The molecule has 112 valence electrons. The van der Waals surface area contributed by atoms with Crippen LogP contribution in [-0.4, -0.2) is 39.8 Å². The Bertz CT molecular complexity index is 574. The summed E-state index contributed by atoms with van der Waals surface area (Å²) in [6, 6.07) is 10.6. The third kappa shape index (κ3) is 3.73. The summed E-state index contributed by atoms with van der Waals surface area (Å²) in [5, 5.41) is 0.531. The summed E-state index contributed by atoms with van der Waals surface area (Å²) in [7, 11) is 0.